The molecule has 4 rings (SSSR count). The van der Waals surface area contributed by atoms with E-state index in [0.717, 1.165) is 34.7 Å². The maximum Gasteiger partial charge on any atom is 0.276 e. The van der Waals surface area contributed by atoms with Gasteiger partial charge < -0.3 is 14.8 Å². The molecule has 8 heteroatoms. The third-order valence-corrected chi connectivity index (χ3v) is 6.19. The number of rotatable bonds is 9. The van der Waals surface area contributed by atoms with Gasteiger partial charge in [0.2, 0.25) is 0 Å². The number of carbonyl (C=O) groups is 1. The van der Waals surface area contributed by atoms with Gasteiger partial charge in [0, 0.05) is 23.9 Å². The molecule has 1 N–H and O–H groups in total. The summed E-state index contributed by atoms with van der Waals surface area (Å²) in [4.78, 5) is 14.6. The van der Waals surface area contributed by atoms with Crippen LogP contribution in [0.25, 0.3) is 6.08 Å². The van der Waals surface area contributed by atoms with Crippen molar-refractivity contribution in [1.82, 2.24) is 20.0 Å². The molecule has 1 fully saturated rings. The van der Waals surface area contributed by atoms with Crippen molar-refractivity contribution in [2.75, 3.05) is 7.11 Å². The Morgan fingerprint density at radius 3 is 2.60 bits per heavy atom. The Kier molecular flexibility index (Phi) is 7.51. The van der Waals surface area contributed by atoms with Gasteiger partial charge in [0.1, 0.15) is 23.8 Å². The molecule has 1 aliphatic heterocycles. The zero-order valence-corrected chi connectivity index (χ0v) is 21.3. The van der Waals surface area contributed by atoms with Gasteiger partial charge in [0.15, 0.2) is 5.11 Å². The summed E-state index contributed by atoms with van der Waals surface area (Å²) in [5, 5.41) is 7.69. The third-order valence-electron chi connectivity index (χ3n) is 5.87. The second-order valence-corrected chi connectivity index (χ2v) is 9.05. The zero-order chi connectivity index (χ0) is 24.9. The Hall–Kier alpha value is -3.65. The minimum absolute atomic E-state index is 0.168. The van der Waals surface area contributed by atoms with Gasteiger partial charge in [-0.2, -0.15) is 5.10 Å². The zero-order valence-electron chi connectivity index (χ0n) is 20.4. The van der Waals surface area contributed by atoms with Crippen LogP contribution >= 0.6 is 12.2 Å². The summed E-state index contributed by atoms with van der Waals surface area (Å²) in [6.07, 6.45) is 5.47. The predicted octanol–water partition coefficient (Wildman–Crippen LogP) is 4.87. The van der Waals surface area contributed by atoms with Gasteiger partial charge in [-0.15, -0.1) is 0 Å². The molecule has 1 amide bonds. The lowest BCUT2D eigenvalue weighted by Gasteiger charge is -2.13. The summed E-state index contributed by atoms with van der Waals surface area (Å²) in [5.41, 5.74) is 4.35. The van der Waals surface area contributed by atoms with E-state index < -0.39 is 0 Å². The molecule has 35 heavy (non-hydrogen) atoms. The minimum Gasteiger partial charge on any atom is -0.496 e. The quantitative estimate of drug-likeness (QED) is 0.341. The maximum atomic E-state index is 13.0. The molecule has 3 aromatic rings. The van der Waals surface area contributed by atoms with Crippen LogP contribution in [0.2, 0.25) is 0 Å². The summed E-state index contributed by atoms with van der Waals surface area (Å²) in [5.74, 6) is 1.82. The van der Waals surface area contributed by atoms with Crippen molar-refractivity contribution in [2.24, 2.45) is 0 Å². The molecule has 0 atom stereocenters. The van der Waals surface area contributed by atoms with Gasteiger partial charge in [0.25, 0.3) is 5.91 Å². The first-order valence-electron chi connectivity index (χ1n) is 11.6. The minimum atomic E-state index is -0.168. The topological polar surface area (TPSA) is 68.6 Å². The average molecular weight is 491 g/mol. The molecule has 1 saturated heterocycles. The lowest BCUT2D eigenvalue weighted by atomic mass is 10.0. The lowest BCUT2D eigenvalue weighted by molar-refractivity contribution is -0.122. The number of methoxy groups -OCH3 is 1. The van der Waals surface area contributed by atoms with Crippen molar-refractivity contribution in [3.8, 4) is 11.5 Å². The number of amides is 1. The Morgan fingerprint density at radius 1 is 1.17 bits per heavy atom. The Balaban J connectivity index is 1.48. The Morgan fingerprint density at radius 2 is 1.94 bits per heavy atom. The van der Waals surface area contributed by atoms with Gasteiger partial charge in [-0.05, 0) is 66.5 Å². The van der Waals surface area contributed by atoms with Crippen molar-refractivity contribution in [1.29, 1.82) is 0 Å². The molecule has 1 aromatic heterocycles. The van der Waals surface area contributed by atoms with E-state index in [2.05, 4.69) is 36.4 Å². The fourth-order valence-corrected chi connectivity index (χ4v) is 4.09. The number of hydrogen-bond donors (Lipinski definition) is 1. The van der Waals surface area contributed by atoms with E-state index in [1.807, 2.05) is 48.1 Å². The van der Waals surface area contributed by atoms with Crippen LogP contribution in [0.4, 0.5) is 0 Å². The third kappa shape index (κ3) is 5.71. The van der Waals surface area contributed by atoms with E-state index in [-0.39, 0.29) is 5.91 Å². The maximum absolute atomic E-state index is 13.0. The van der Waals surface area contributed by atoms with Gasteiger partial charge in [-0.25, -0.2) is 0 Å². The van der Waals surface area contributed by atoms with Gasteiger partial charge in [-0.3, -0.25) is 14.4 Å². The van der Waals surface area contributed by atoms with Crippen LogP contribution in [-0.2, 0) is 24.5 Å². The highest BCUT2D eigenvalue weighted by atomic mass is 32.1. The summed E-state index contributed by atoms with van der Waals surface area (Å²) in [6.45, 7) is 7.83. The summed E-state index contributed by atoms with van der Waals surface area (Å²) in [7, 11) is 1.63. The monoisotopic (exact) mass is 490 g/mol. The first kappa shape index (κ1) is 24.5. The highest BCUT2D eigenvalue weighted by Gasteiger charge is 2.31. The van der Waals surface area contributed by atoms with Crippen LogP contribution in [0.15, 0.2) is 60.6 Å². The second-order valence-electron chi connectivity index (χ2n) is 8.67. The predicted molar refractivity (Wildman–Crippen MR) is 140 cm³/mol. The molecule has 0 bridgehead atoms. The van der Waals surface area contributed by atoms with Gasteiger partial charge >= 0.3 is 0 Å². The molecular formula is C27H30N4O3S. The van der Waals surface area contributed by atoms with Crippen LogP contribution < -0.4 is 14.8 Å². The normalized spacial score (nSPS) is 14.7. The number of ether oxygens (including phenoxy) is 2. The van der Waals surface area contributed by atoms with E-state index >= 15 is 0 Å². The Labute approximate surface area is 211 Å². The fourth-order valence-electron chi connectivity index (χ4n) is 3.84. The number of benzene rings is 2. The van der Waals surface area contributed by atoms with Crippen LogP contribution in [0, 0.1) is 0 Å². The lowest BCUT2D eigenvalue weighted by Crippen LogP contribution is -2.29. The molecule has 2 heterocycles. The van der Waals surface area contributed by atoms with Gasteiger partial charge in [-0.1, -0.05) is 32.0 Å². The van der Waals surface area contributed by atoms with E-state index in [1.54, 1.807) is 24.3 Å². The summed E-state index contributed by atoms with van der Waals surface area (Å²) < 4.78 is 13.4. The van der Waals surface area contributed by atoms with E-state index in [0.29, 0.717) is 29.9 Å². The number of thiocarbonyl (C=S) groups is 1. The van der Waals surface area contributed by atoms with Crippen molar-refractivity contribution >= 4 is 29.3 Å². The van der Waals surface area contributed by atoms with E-state index in [9.17, 15) is 4.79 Å². The molecule has 182 valence electrons. The summed E-state index contributed by atoms with van der Waals surface area (Å²) >= 11 is 5.42. The molecule has 0 saturated carbocycles. The number of aromatic nitrogens is 2. The molecule has 0 spiro atoms. The van der Waals surface area contributed by atoms with Gasteiger partial charge in [0.05, 0.1) is 19.9 Å². The number of hydrogen-bond acceptors (Lipinski definition) is 5. The molecule has 2 aromatic carbocycles. The molecular weight excluding hydrogens is 460 g/mol. The first-order valence-corrected chi connectivity index (χ1v) is 12.0. The van der Waals surface area contributed by atoms with E-state index in [1.165, 1.54) is 5.56 Å². The average Bonchev–Trinajstić information content (AvgIpc) is 3.43. The van der Waals surface area contributed by atoms with Crippen molar-refractivity contribution in [3.05, 3.63) is 82.8 Å². The molecule has 0 radical (unpaired) electrons. The number of nitrogens with zero attached hydrogens (tertiary/aromatic N) is 3. The smallest absolute Gasteiger partial charge is 0.276 e. The second kappa shape index (κ2) is 10.7. The molecule has 7 nitrogen and oxygen atoms in total. The standard InChI is InChI=1S/C27H30N4O3S/c1-5-30-15-20(14-28-30)16-31-26(32)24(29-27(31)35)13-19-6-11-25(33-4)22(12-19)17-34-23-9-7-21(8-10-23)18(2)3/h6-15,18H,5,16-17H2,1-4H3,(H,29,35)/b24-13+. The first-order chi connectivity index (χ1) is 16.9. The number of aryl methyl sites for hydroxylation is 1. The Bertz CT molecular complexity index is 1250. The molecule has 0 unspecified atom stereocenters. The highest BCUT2D eigenvalue weighted by molar-refractivity contribution is 7.80. The number of carbonyl (C=O) groups excluding carboxylic acids is 1. The van der Waals surface area contributed by atoms with E-state index in [4.69, 9.17) is 21.7 Å². The van der Waals surface area contributed by atoms with Crippen molar-refractivity contribution in [2.45, 2.75) is 46.4 Å². The van der Waals surface area contributed by atoms with Crippen LogP contribution in [0.5, 0.6) is 11.5 Å². The largest absolute Gasteiger partial charge is 0.496 e. The van der Waals surface area contributed by atoms with Crippen LogP contribution in [-0.4, -0.2) is 32.8 Å². The van der Waals surface area contributed by atoms with Crippen LogP contribution in [0.3, 0.4) is 0 Å². The fraction of sp³-hybridized carbons (Fsp3) is 0.296. The molecule has 1 aliphatic rings. The number of nitrogens with one attached hydrogen (secondary N) is 1. The van der Waals surface area contributed by atoms with Crippen LogP contribution in [0.1, 0.15) is 48.9 Å². The molecule has 0 aliphatic carbocycles. The highest BCUT2D eigenvalue weighted by Crippen LogP contribution is 2.25. The SMILES string of the molecule is CCn1cc(CN2C(=O)/C(=C\c3ccc(OC)c(COc4ccc(C(C)C)cc4)c3)NC2=S)cn1. The van der Waals surface area contributed by atoms with Crippen molar-refractivity contribution < 1.29 is 14.3 Å². The summed E-state index contributed by atoms with van der Waals surface area (Å²) in [6, 6.07) is 13.9. The van der Waals surface area contributed by atoms with Crippen molar-refractivity contribution in [3.63, 3.8) is 0 Å².